The number of hydrogen-bond acceptors (Lipinski definition) is 2. The lowest BCUT2D eigenvalue weighted by atomic mass is 10.1. The highest BCUT2D eigenvalue weighted by Gasteiger charge is 2.10. The van der Waals surface area contributed by atoms with Crippen LogP contribution in [0.25, 0.3) is 0 Å². The van der Waals surface area contributed by atoms with E-state index in [2.05, 4.69) is 18.9 Å². The monoisotopic (exact) mass is 181 g/mol. The van der Waals surface area contributed by atoms with Crippen molar-refractivity contribution in [3.63, 3.8) is 0 Å². The van der Waals surface area contributed by atoms with Crippen molar-refractivity contribution in [1.29, 1.82) is 0 Å². The summed E-state index contributed by atoms with van der Waals surface area (Å²) in [6.45, 7) is 5.00. The SMILES string of the molecule is CCCc1c(CCN)nn(C)c1C. The summed E-state index contributed by atoms with van der Waals surface area (Å²) < 4.78 is 1.95. The van der Waals surface area contributed by atoms with Crippen molar-refractivity contribution >= 4 is 0 Å². The lowest BCUT2D eigenvalue weighted by Crippen LogP contribution is -2.05. The van der Waals surface area contributed by atoms with Gasteiger partial charge in [0.05, 0.1) is 5.69 Å². The summed E-state index contributed by atoms with van der Waals surface area (Å²) in [5.74, 6) is 0. The van der Waals surface area contributed by atoms with E-state index < -0.39 is 0 Å². The van der Waals surface area contributed by atoms with Gasteiger partial charge in [0, 0.05) is 19.2 Å². The molecule has 0 saturated carbocycles. The molecule has 0 radical (unpaired) electrons. The summed E-state index contributed by atoms with van der Waals surface area (Å²) in [5, 5.41) is 4.46. The van der Waals surface area contributed by atoms with E-state index in [4.69, 9.17) is 5.73 Å². The Morgan fingerprint density at radius 2 is 2.08 bits per heavy atom. The van der Waals surface area contributed by atoms with Crippen LogP contribution >= 0.6 is 0 Å². The summed E-state index contributed by atoms with van der Waals surface area (Å²) in [4.78, 5) is 0. The standard InChI is InChI=1S/C10H19N3/c1-4-5-9-8(2)13(3)12-10(9)6-7-11/h4-7,11H2,1-3H3. The van der Waals surface area contributed by atoms with Crippen molar-refractivity contribution in [2.45, 2.75) is 33.1 Å². The molecule has 0 amide bonds. The molecule has 1 heterocycles. The van der Waals surface area contributed by atoms with Crippen LogP contribution in [0.4, 0.5) is 0 Å². The number of aryl methyl sites for hydroxylation is 1. The van der Waals surface area contributed by atoms with Gasteiger partial charge in [-0.15, -0.1) is 0 Å². The second-order valence-corrected chi connectivity index (χ2v) is 3.42. The van der Waals surface area contributed by atoms with Gasteiger partial charge in [-0.3, -0.25) is 4.68 Å². The van der Waals surface area contributed by atoms with E-state index in [0.29, 0.717) is 6.54 Å². The molecular weight excluding hydrogens is 162 g/mol. The molecular formula is C10H19N3. The zero-order valence-electron chi connectivity index (χ0n) is 8.80. The fourth-order valence-electron chi connectivity index (χ4n) is 1.63. The Hall–Kier alpha value is -0.830. The maximum Gasteiger partial charge on any atom is 0.0671 e. The Morgan fingerprint density at radius 1 is 1.38 bits per heavy atom. The molecule has 0 aliphatic carbocycles. The summed E-state index contributed by atoms with van der Waals surface area (Å²) >= 11 is 0. The first-order valence-electron chi connectivity index (χ1n) is 4.92. The Balaban J connectivity index is 2.96. The Morgan fingerprint density at radius 3 is 2.62 bits per heavy atom. The summed E-state index contributed by atoms with van der Waals surface area (Å²) in [7, 11) is 1.99. The fourth-order valence-corrected chi connectivity index (χ4v) is 1.63. The van der Waals surface area contributed by atoms with E-state index in [1.54, 1.807) is 0 Å². The highest BCUT2D eigenvalue weighted by Crippen LogP contribution is 2.15. The lowest BCUT2D eigenvalue weighted by molar-refractivity contribution is 0.718. The van der Waals surface area contributed by atoms with Crippen LogP contribution in [0, 0.1) is 6.92 Å². The molecule has 1 rings (SSSR count). The average Bonchev–Trinajstić information content (AvgIpc) is 2.34. The van der Waals surface area contributed by atoms with E-state index in [1.165, 1.54) is 23.4 Å². The summed E-state index contributed by atoms with van der Waals surface area (Å²) in [6, 6.07) is 0. The van der Waals surface area contributed by atoms with Gasteiger partial charge in [-0.1, -0.05) is 13.3 Å². The molecule has 3 nitrogen and oxygen atoms in total. The Labute approximate surface area is 79.9 Å². The number of rotatable bonds is 4. The molecule has 0 spiro atoms. The van der Waals surface area contributed by atoms with Gasteiger partial charge in [0.1, 0.15) is 0 Å². The van der Waals surface area contributed by atoms with Crippen molar-refractivity contribution in [3.05, 3.63) is 17.0 Å². The lowest BCUT2D eigenvalue weighted by Gasteiger charge is -2.00. The zero-order chi connectivity index (χ0) is 9.84. The van der Waals surface area contributed by atoms with Crippen LogP contribution < -0.4 is 5.73 Å². The first kappa shape index (κ1) is 10.3. The van der Waals surface area contributed by atoms with Gasteiger partial charge in [0.2, 0.25) is 0 Å². The van der Waals surface area contributed by atoms with Crippen molar-refractivity contribution in [1.82, 2.24) is 9.78 Å². The molecule has 1 aromatic rings. The predicted octanol–water partition coefficient (Wildman–Crippen LogP) is 1.18. The average molecular weight is 181 g/mol. The molecule has 2 N–H and O–H groups in total. The first-order chi connectivity index (χ1) is 6.20. The predicted molar refractivity (Wildman–Crippen MR) is 54.7 cm³/mol. The van der Waals surface area contributed by atoms with E-state index in [-0.39, 0.29) is 0 Å². The quantitative estimate of drug-likeness (QED) is 0.758. The third-order valence-electron chi connectivity index (χ3n) is 2.42. The summed E-state index contributed by atoms with van der Waals surface area (Å²) in [6.07, 6.45) is 3.19. The topological polar surface area (TPSA) is 43.8 Å². The largest absolute Gasteiger partial charge is 0.330 e. The third kappa shape index (κ3) is 2.10. The minimum absolute atomic E-state index is 0.688. The van der Waals surface area contributed by atoms with Crippen LogP contribution in [-0.2, 0) is 19.9 Å². The van der Waals surface area contributed by atoms with Crippen LogP contribution in [0.1, 0.15) is 30.3 Å². The molecule has 0 saturated heterocycles. The first-order valence-corrected chi connectivity index (χ1v) is 4.92. The molecule has 0 atom stereocenters. The van der Waals surface area contributed by atoms with Gasteiger partial charge in [0.25, 0.3) is 0 Å². The second-order valence-electron chi connectivity index (χ2n) is 3.42. The number of nitrogens with zero attached hydrogens (tertiary/aromatic N) is 2. The Bertz CT molecular complexity index is 276. The zero-order valence-corrected chi connectivity index (χ0v) is 8.80. The number of aromatic nitrogens is 2. The third-order valence-corrected chi connectivity index (χ3v) is 2.42. The molecule has 0 fully saturated rings. The maximum atomic E-state index is 5.54. The molecule has 0 aliphatic rings. The molecule has 13 heavy (non-hydrogen) atoms. The molecule has 3 heteroatoms. The van der Waals surface area contributed by atoms with Gasteiger partial charge >= 0.3 is 0 Å². The van der Waals surface area contributed by atoms with Gasteiger partial charge < -0.3 is 5.73 Å². The van der Waals surface area contributed by atoms with Crippen LogP contribution in [0.2, 0.25) is 0 Å². The smallest absolute Gasteiger partial charge is 0.0671 e. The van der Waals surface area contributed by atoms with Crippen LogP contribution in [-0.4, -0.2) is 16.3 Å². The van der Waals surface area contributed by atoms with E-state index in [0.717, 1.165) is 12.8 Å². The van der Waals surface area contributed by atoms with Crippen molar-refractivity contribution < 1.29 is 0 Å². The van der Waals surface area contributed by atoms with Crippen molar-refractivity contribution in [2.24, 2.45) is 12.8 Å². The second kappa shape index (κ2) is 4.42. The molecule has 0 aromatic carbocycles. The minimum atomic E-state index is 0.688. The van der Waals surface area contributed by atoms with Crippen molar-refractivity contribution in [3.8, 4) is 0 Å². The Kier molecular flexibility index (Phi) is 3.48. The fraction of sp³-hybridized carbons (Fsp3) is 0.700. The maximum absolute atomic E-state index is 5.54. The van der Waals surface area contributed by atoms with Crippen molar-refractivity contribution in [2.75, 3.05) is 6.54 Å². The van der Waals surface area contributed by atoms with Crippen LogP contribution in [0.15, 0.2) is 0 Å². The van der Waals surface area contributed by atoms with E-state index in [1.807, 2.05) is 11.7 Å². The highest BCUT2D eigenvalue weighted by molar-refractivity contribution is 5.25. The molecule has 0 aliphatic heterocycles. The number of hydrogen-bond donors (Lipinski definition) is 1. The molecule has 0 unspecified atom stereocenters. The summed E-state index contributed by atoms with van der Waals surface area (Å²) in [5.41, 5.74) is 9.40. The van der Waals surface area contributed by atoms with E-state index >= 15 is 0 Å². The number of nitrogens with two attached hydrogens (primary N) is 1. The molecule has 0 bridgehead atoms. The highest BCUT2D eigenvalue weighted by atomic mass is 15.3. The molecule has 74 valence electrons. The molecule has 1 aromatic heterocycles. The van der Waals surface area contributed by atoms with Gasteiger partial charge in [0.15, 0.2) is 0 Å². The normalized spacial score (nSPS) is 10.8. The van der Waals surface area contributed by atoms with E-state index in [9.17, 15) is 0 Å². The van der Waals surface area contributed by atoms with Gasteiger partial charge in [-0.25, -0.2) is 0 Å². The van der Waals surface area contributed by atoms with Crippen LogP contribution in [0.3, 0.4) is 0 Å². The minimum Gasteiger partial charge on any atom is -0.330 e. The van der Waals surface area contributed by atoms with Crippen LogP contribution in [0.5, 0.6) is 0 Å². The van der Waals surface area contributed by atoms with Gasteiger partial charge in [-0.2, -0.15) is 5.10 Å². The van der Waals surface area contributed by atoms with Gasteiger partial charge in [-0.05, 0) is 25.5 Å².